The molecule has 0 unspecified atom stereocenters. The lowest BCUT2D eigenvalue weighted by atomic mass is 10.1. The van der Waals surface area contributed by atoms with E-state index in [4.69, 9.17) is 4.74 Å². The van der Waals surface area contributed by atoms with Gasteiger partial charge in [-0.2, -0.15) is 0 Å². The first-order chi connectivity index (χ1) is 14.0. The zero-order valence-electron chi connectivity index (χ0n) is 17.1. The monoisotopic (exact) mass is 412 g/mol. The largest absolute Gasteiger partial charge is 0.455 e. The number of thioether (sulfide) groups is 1. The normalized spacial score (nSPS) is 13.8. The second-order valence-corrected chi connectivity index (χ2v) is 8.38. The lowest BCUT2D eigenvalue weighted by molar-refractivity contribution is -0.144. The number of carbonyl (C=O) groups excluding carboxylic acids is 2. The summed E-state index contributed by atoms with van der Waals surface area (Å²) in [5.74, 6) is -0.548. The molecule has 154 valence electrons. The van der Waals surface area contributed by atoms with Gasteiger partial charge in [0.15, 0.2) is 6.61 Å². The van der Waals surface area contributed by atoms with Gasteiger partial charge in [-0.3, -0.25) is 9.59 Å². The van der Waals surface area contributed by atoms with Gasteiger partial charge in [0, 0.05) is 29.4 Å². The number of carbonyl (C=O) groups is 2. The Morgan fingerprint density at radius 2 is 1.76 bits per heavy atom. The number of nitrogens with zero attached hydrogens (tertiary/aromatic N) is 1. The van der Waals surface area contributed by atoms with Crippen LogP contribution in [0.4, 0.5) is 11.4 Å². The minimum Gasteiger partial charge on any atom is -0.455 e. The second kappa shape index (κ2) is 10.3. The zero-order valence-corrected chi connectivity index (χ0v) is 17.9. The number of aryl methyl sites for hydroxylation is 2. The number of nitrogens with one attached hydrogen (secondary N) is 1. The highest BCUT2D eigenvalue weighted by molar-refractivity contribution is 8.00. The van der Waals surface area contributed by atoms with E-state index in [1.807, 2.05) is 50.2 Å². The summed E-state index contributed by atoms with van der Waals surface area (Å²) in [6.07, 6.45) is 3.75. The third kappa shape index (κ3) is 6.53. The van der Waals surface area contributed by atoms with Crippen molar-refractivity contribution >= 4 is 35.0 Å². The fourth-order valence-corrected chi connectivity index (χ4v) is 4.20. The Labute approximate surface area is 176 Å². The van der Waals surface area contributed by atoms with Crippen LogP contribution in [0, 0.1) is 13.8 Å². The maximum atomic E-state index is 12.1. The molecule has 1 aliphatic rings. The van der Waals surface area contributed by atoms with Crippen LogP contribution in [-0.4, -0.2) is 37.3 Å². The summed E-state index contributed by atoms with van der Waals surface area (Å²) >= 11 is 1.42. The molecule has 5 nitrogen and oxygen atoms in total. The molecule has 2 aromatic rings. The molecule has 1 N–H and O–H groups in total. The van der Waals surface area contributed by atoms with E-state index in [0.29, 0.717) is 5.69 Å². The molecule has 0 bridgehead atoms. The predicted octanol–water partition coefficient (Wildman–Crippen LogP) is 4.57. The van der Waals surface area contributed by atoms with Crippen LogP contribution in [0.5, 0.6) is 0 Å². The minimum atomic E-state index is -0.398. The number of anilines is 2. The van der Waals surface area contributed by atoms with Crippen molar-refractivity contribution in [1.82, 2.24) is 0 Å². The van der Waals surface area contributed by atoms with Crippen LogP contribution in [0.1, 0.15) is 30.4 Å². The van der Waals surface area contributed by atoms with E-state index in [2.05, 4.69) is 16.3 Å². The molecular formula is C23H28N2O3S. The summed E-state index contributed by atoms with van der Waals surface area (Å²) in [6, 6.07) is 13.9. The van der Waals surface area contributed by atoms with E-state index in [-0.39, 0.29) is 18.3 Å². The van der Waals surface area contributed by atoms with Gasteiger partial charge in [-0.1, -0.05) is 17.7 Å². The van der Waals surface area contributed by atoms with Gasteiger partial charge in [0.1, 0.15) is 0 Å². The Kier molecular flexibility index (Phi) is 7.58. The van der Waals surface area contributed by atoms with Crippen LogP contribution in [0.25, 0.3) is 0 Å². The highest BCUT2D eigenvalue weighted by Crippen LogP contribution is 2.23. The Morgan fingerprint density at radius 3 is 2.45 bits per heavy atom. The molecule has 1 fully saturated rings. The standard InChI is InChI=1S/C23H28N2O3S/c1-17-6-11-21(18(2)14-17)29-16-23(27)28-15-22(26)24-19-7-9-20(10-8-19)25-12-4-3-5-13-25/h6-11,14H,3-5,12-13,15-16H2,1-2H3,(H,24,26). The number of ether oxygens (including phenoxy) is 1. The molecule has 0 saturated carbocycles. The topological polar surface area (TPSA) is 58.6 Å². The fraction of sp³-hybridized carbons (Fsp3) is 0.391. The molecule has 0 aromatic heterocycles. The van der Waals surface area contributed by atoms with Crippen LogP contribution in [0.2, 0.25) is 0 Å². The molecule has 0 spiro atoms. The highest BCUT2D eigenvalue weighted by Gasteiger charge is 2.12. The molecule has 3 rings (SSSR count). The summed E-state index contributed by atoms with van der Waals surface area (Å²) in [4.78, 5) is 27.4. The maximum Gasteiger partial charge on any atom is 0.316 e. The number of rotatable bonds is 7. The van der Waals surface area contributed by atoms with Crippen molar-refractivity contribution in [3.63, 3.8) is 0 Å². The van der Waals surface area contributed by atoms with Crippen molar-refractivity contribution in [3.05, 3.63) is 53.6 Å². The van der Waals surface area contributed by atoms with Crippen LogP contribution < -0.4 is 10.2 Å². The summed E-state index contributed by atoms with van der Waals surface area (Å²) in [5.41, 5.74) is 4.21. The number of benzene rings is 2. The SMILES string of the molecule is Cc1ccc(SCC(=O)OCC(=O)Nc2ccc(N3CCCCC3)cc2)c(C)c1. The Morgan fingerprint density at radius 1 is 1.03 bits per heavy atom. The summed E-state index contributed by atoms with van der Waals surface area (Å²) in [7, 11) is 0. The average Bonchev–Trinajstić information content (AvgIpc) is 2.73. The van der Waals surface area contributed by atoms with Gasteiger partial charge in [0.2, 0.25) is 0 Å². The van der Waals surface area contributed by atoms with Gasteiger partial charge in [0.05, 0.1) is 5.75 Å². The number of amides is 1. The van der Waals surface area contributed by atoms with E-state index in [0.717, 1.165) is 23.5 Å². The van der Waals surface area contributed by atoms with Crippen molar-refractivity contribution in [1.29, 1.82) is 0 Å². The quantitative estimate of drug-likeness (QED) is 0.533. The van der Waals surface area contributed by atoms with Crippen LogP contribution in [-0.2, 0) is 14.3 Å². The van der Waals surface area contributed by atoms with Crippen molar-refractivity contribution < 1.29 is 14.3 Å². The lowest BCUT2D eigenvalue weighted by Gasteiger charge is -2.28. The van der Waals surface area contributed by atoms with E-state index in [9.17, 15) is 9.59 Å². The lowest BCUT2D eigenvalue weighted by Crippen LogP contribution is -2.29. The molecule has 2 aromatic carbocycles. The van der Waals surface area contributed by atoms with Crippen LogP contribution in [0.15, 0.2) is 47.4 Å². The summed E-state index contributed by atoms with van der Waals surface area (Å²) in [5, 5.41) is 2.78. The van der Waals surface area contributed by atoms with Gasteiger partial charge in [-0.25, -0.2) is 0 Å². The summed E-state index contributed by atoms with van der Waals surface area (Å²) in [6.45, 7) is 5.95. The first-order valence-electron chi connectivity index (χ1n) is 10.0. The Bertz CT molecular complexity index is 846. The molecule has 1 heterocycles. The number of hydrogen-bond donors (Lipinski definition) is 1. The third-order valence-electron chi connectivity index (χ3n) is 4.91. The van der Waals surface area contributed by atoms with Gasteiger partial charge in [-0.15, -0.1) is 11.8 Å². The Balaban J connectivity index is 1.40. The Hall–Kier alpha value is -2.47. The molecule has 1 aliphatic heterocycles. The number of esters is 1. The molecule has 0 atom stereocenters. The van der Waals surface area contributed by atoms with Crippen molar-refractivity contribution in [3.8, 4) is 0 Å². The van der Waals surface area contributed by atoms with Gasteiger partial charge in [0.25, 0.3) is 5.91 Å². The summed E-state index contributed by atoms with van der Waals surface area (Å²) < 4.78 is 5.10. The zero-order chi connectivity index (χ0) is 20.6. The van der Waals surface area contributed by atoms with E-state index in [1.54, 1.807) is 0 Å². The van der Waals surface area contributed by atoms with Crippen molar-refractivity contribution in [2.24, 2.45) is 0 Å². The average molecular weight is 413 g/mol. The number of hydrogen-bond acceptors (Lipinski definition) is 5. The first-order valence-corrected chi connectivity index (χ1v) is 11.0. The van der Waals surface area contributed by atoms with E-state index in [1.165, 1.54) is 42.3 Å². The number of piperidine rings is 1. The second-order valence-electron chi connectivity index (χ2n) is 7.36. The van der Waals surface area contributed by atoms with E-state index < -0.39 is 5.97 Å². The van der Waals surface area contributed by atoms with Gasteiger partial charge in [-0.05, 0) is 69.0 Å². The van der Waals surface area contributed by atoms with Gasteiger partial charge >= 0.3 is 5.97 Å². The van der Waals surface area contributed by atoms with Crippen molar-refractivity contribution in [2.75, 3.05) is 35.7 Å². The smallest absolute Gasteiger partial charge is 0.316 e. The minimum absolute atomic E-state index is 0.182. The van der Waals surface area contributed by atoms with Gasteiger partial charge < -0.3 is 15.0 Å². The molecule has 1 saturated heterocycles. The molecular weight excluding hydrogens is 384 g/mol. The highest BCUT2D eigenvalue weighted by atomic mass is 32.2. The molecule has 1 amide bonds. The predicted molar refractivity (Wildman–Crippen MR) is 119 cm³/mol. The maximum absolute atomic E-state index is 12.1. The molecule has 0 aliphatic carbocycles. The van der Waals surface area contributed by atoms with Crippen LogP contribution >= 0.6 is 11.8 Å². The first kappa shape index (κ1) is 21.2. The molecule has 6 heteroatoms. The third-order valence-corrected chi connectivity index (χ3v) is 6.06. The van der Waals surface area contributed by atoms with Crippen molar-refractivity contribution in [2.45, 2.75) is 38.0 Å². The molecule has 29 heavy (non-hydrogen) atoms. The molecule has 0 radical (unpaired) electrons. The fourth-order valence-electron chi connectivity index (χ4n) is 3.39. The van der Waals surface area contributed by atoms with E-state index >= 15 is 0 Å². The van der Waals surface area contributed by atoms with Crippen LogP contribution in [0.3, 0.4) is 0 Å².